The first kappa shape index (κ1) is 15.7. The molecular weight excluding hydrogens is 288 g/mol. The van der Waals surface area contributed by atoms with Crippen molar-refractivity contribution in [1.82, 2.24) is 4.83 Å². The highest BCUT2D eigenvalue weighted by molar-refractivity contribution is 7.89. The van der Waals surface area contributed by atoms with Gasteiger partial charge in [0.1, 0.15) is 5.78 Å². The smallest absolute Gasteiger partial charge is 0.276 e. The van der Waals surface area contributed by atoms with Crippen molar-refractivity contribution in [2.45, 2.75) is 44.9 Å². The number of nitrogens with one attached hydrogen (secondary N) is 1. The van der Waals surface area contributed by atoms with E-state index in [4.69, 9.17) is 0 Å². The quantitative estimate of drug-likeness (QED) is 0.871. The lowest BCUT2D eigenvalue weighted by molar-refractivity contribution is -0.126. The molecule has 1 aromatic rings. The van der Waals surface area contributed by atoms with E-state index in [9.17, 15) is 13.2 Å². The number of hydrogen-bond acceptors (Lipinski definition) is 4. The summed E-state index contributed by atoms with van der Waals surface area (Å²) in [6.45, 7) is 5.70. The van der Waals surface area contributed by atoms with E-state index in [0.717, 1.165) is 5.56 Å². The third-order valence-electron chi connectivity index (χ3n) is 3.81. The molecule has 0 saturated heterocycles. The van der Waals surface area contributed by atoms with Crippen molar-refractivity contribution in [2.75, 3.05) is 0 Å². The monoisotopic (exact) mass is 308 g/mol. The summed E-state index contributed by atoms with van der Waals surface area (Å²) in [5.74, 6) is 0.0991. The van der Waals surface area contributed by atoms with Crippen molar-refractivity contribution >= 4 is 21.5 Å². The Hall–Kier alpha value is -1.69. The Morgan fingerprint density at radius 2 is 1.81 bits per heavy atom. The molecule has 1 aliphatic rings. The molecule has 1 saturated carbocycles. The summed E-state index contributed by atoms with van der Waals surface area (Å²) < 4.78 is 24.2. The number of carbonyl (C=O) groups is 1. The summed E-state index contributed by atoms with van der Waals surface area (Å²) in [6.07, 6.45) is 1.54. The molecule has 5 nitrogen and oxygen atoms in total. The third-order valence-corrected chi connectivity index (χ3v) is 5.04. The molecule has 1 aromatic carbocycles. The fraction of sp³-hybridized carbons (Fsp3) is 0.467. The molecule has 0 aliphatic heterocycles. The van der Waals surface area contributed by atoms with Gasteiger partial charge in [0, 0.05) is 17.5 Å². The summed E-state index contributed by atoms with van der Waals surface area (Å²) >= 11 is 0. The Balaban J connectivity index is 2.10. The summed E-state index contributed by atoms with van der Waals surface area (Å²) in [5, 5.41) is 3.93. The largest absolute Gasteiger partial charge is 0.299 e. The van der Waals surface area contributed by atoms with Gasteiger partial charge in [-0.1, -0.05) is 31.5 Å². The highest BCUT2D eigenvalue weighted by Crippen LogP contribution is 2.30. The highest BCUT2D eigenvalue weighted by atomic mass is 32.2. The van der Waals surface area contributed by atoms with Gasteiger partial charge in [-0.05, 0) is 31.9 Å². The number of benzene rings is 1. The van der Waals surface area contributed by atoms with Crippen LogP contribution in [-0.2, 0) is 14.8 Å². The van der Waals surface area contributed by atoms with Crippen LogP contribution in [0.5, 0.6) is 0 Å². The molecule has 0 spiro atoms. The first-order valence-electron chi connectivity index (χ1n) is 6.88. The Bertz CT molecular complexity index is 673. The van der Waals surface area contributed by atoms with Crippen LogP contribution in [0.1, 0.15) is 38.7 Å². The van der Waals surface area contributed by atoms with E-state index in [1.807, 2.05) is 20.8 Å². The van der Waals surface area contributed by atoms with E-state index in [0.29, 0.717) is 18.6 Å². The van der Waals surface area contributed by atoms with Crippen LogP contribution in [-0.4, -0.2) is 19.9 Å². The number of Topliss-reactive ketones (excluding diaryl/α,β-unsaturated/α-hetero) is 1. The minimum atomic E-state index is -3.67. The number of hydrogen-bond donors (Lipinski definition) is 1. The maximum atomic E-state index is 12.1. The molecule has 1 aliphatic carbocycles. The second-order valence-electron chi connectivity index (χ2n) is 6.07. The van der Waals surface area contributed by atoms with Crippen LogP contribution in [0.15, 0.2) is 34.3 Å². The van der Waals surface area contributed by atoms with Gasteiger partial charge in [0.05, 0.1) is 4.90 Å². The standard InChI is InChI=1S/C15H20N2O3S/c1-11-4-6-13(7-5-11)21(19,20)17-16-12-8-9-15(2,3)14(18)10-12/h4-7,17H,8-10H2,1-3H3/b16-12-. The molecule has 2 rings (SSSR count). The van der Waals surface area contributed by atoms with Crippen molar-refractivity contribution in [3.63, 3.8) is 0 Å². The molecular formula is C15H20N2O3S. The SMILES string of the molecule is Cc1ccc(S(=O)(=O)N/N=C2/CCC(C)(C)C(=O)C2)cc1. The Kier molecular flexibility index (Phi) is 4.18. The molecule has 1 N–H and O–H groups in total. The summed E-state index contributed by atoms with van der Waals surface area (Å²) in [6, 6.07) is 6.53. The zero-order valence-corrected chi connectivity index (χ0v) is 13.3. The summed E-state index contributed by atoms with van der Waals surface area (Å²) in [5.41, 5.74) is 1.24. The van der Waals surface area contributed by atoms with Crippen molar-refractivity contribution in [3.8, 4) is 0 Å². The van der Waals surface area contributed by atoms with Gasteiger partial charge in [-0.15, -0.1) is 0 Å². The number of aryl methyl sites for hydroxylation is 1. The van der Waals surface area contributed by atoms with Gasteiger partial charge >= 0.3 is 0 Å². The third kappa shape index (κ3) is 3.69. The number of hydrazone groups is 1. The van der Waals surface area contributed by atoms with E-state index in [1.165, 1.54) is 12.1 Å². The van der Waals surface area contributed by atoms with Gasteiger partial charge in [0.2, 0.25) is 0 Å². The Morgan fingerprint density at radius 3 is 2.38 bits per heavy atom. The average Bonchev–Trinajstić information content (AvgIpc) is 2.41. The molecule has 0 bridgehead atoms. The van der Waals surface area contributed by atoms with E-state index < -0.39 is 10.0 Å². The lowest BCUT2D eigenvalue weighted by Gasteiger charge is -2.28. The first-order valence-corrected chi connectivity index (χ1v) is 8.36. The number of rotatable bonds is 3. The maximum absolute atomic E-state index is 12.1. The lowest BCUT2D eigenvalue weighted by atomic mass is 9.76. The lowest BCUT2D eigenvalue weighted by Crippen LogP contribution is -2.33. The topological polar surface area (TPSA) is 75.6 Å². The van der Waals surface area contributed by atoms with Crippen LogP contribution in [0.3, 0.4) is 0 Å². The molecule has 0 unspecified atom stereocenters. The minimum Gasteiger partial charge on any atom is -0.299 e. The van der Waals surface area contributed by atoms with E-state index in [1.54, 1.807) is 12.1 Å². The molecule has 114 valence electrons. The molecule has 1 fully saturated rings. The molecule has 0 heterocycles. The van der Waals surface area contributed by atoms with Gasteiger partial charge in [0.15, 0.2) is 0 Å². The van der Waals surface area contributed by atoms with Crippen molar-refractivity contribution in [3.05, 3.63) is 29.8 Å². The van der Waals surface area contributed by atoms with Crippen molar-refractivity contribution in [2.24, 2.45) is 10.5 Å². The van der Waals surface area contributed by atoms with Crippen molar-refractivity contribution in [1.29, 1.82) is 0 Å². The highest BCUT2D eigenvalue weighted by Gasteiger charge is 2.33. The molecule has 21 heavy (non-hydrogen) atoms. The first-order chi connectivity index (χ1) is 9.71. The van der Waals surface area contributed by atoms with Crippen molar-refractivity contribution < 1.29 is 13.2 Å². The van der Waals surface area contributed by atoms with Crippen LogP contribution in [0, 0.1) is 12.3 Å². The average molecular weight is 308 g/mol. The number of carbonyl (C=O) groups excluding carboxylic acids is 1. The van der Waals surface area contributed by atoms with Crippen LogP contribution >= 0.6 is 0 Å². The van der Waals surface area contributed by atoms with Crippen LogP contribution < -0.4 is 4.83 Å². The van der Waals surface area contributed by atoms with Crippen LogP contribution in [0.2, 0.25) is 0 Å². The van der Waals surface area contributed by atoms with E-state index in [-0.39, 0.29) is 22.5 Å². The van der Waals surface area contributed by atoms with Gasteiger partial charge < -0.3 is 0 Å². The molecule has 6 heteroatoms. The van der Waals surface area contributed by atoms with E-state index >= 15 is 0 Å². The van der Waals surface area contributed by atoms with E-state index in [2.05, 4.69) is 9.93 Å². The second-order valence-corrected chi connectivity index (χ2v) is 7.73. The predicted octanol–water partition coefficient (Wildman–Crippen LogP) is 2.41. The Labute approximate surface area is 125 Å². The molecule has 0 aromatic heterocycles. The number of sulfonamides is 1. The fourth-order valence-electron chi connectivity index (χ4n) is 2.10. The summed E-state index contributed by atoms with van der Waals surface area (Å²) in [4.78, 5) is 14.3. The molecule has 0 atom stereocenters. The normalized spacial score (nSPS) is 20.5. The number of ketones is 1. The number of nitrogens with zero attached hydrogens (tertiary/aromatic N) is 1. The molecule has 0 amide bonds. The Morgan fingerprint density at radius 1 is 1.19 bits per heavy atom. The maximum Gasteiger partial charge on any atom is 0.276 e. The molecule has 0 radical (unpaired) electrons. The van der Waals surface area contributed by atoms with Crippen LogP contribution in [0.4, 0.5) is 0 Å². The van der Waals surface area contributed by atoms with Gasteiger partial charge in [-0.25, -0.2) is 4.83 Å². The van der Waals surface area contributed by atoms with Gasteiger partial charge in [-0.2, -0.15) is 13.5 Å². The summed E-state index contributed by atoms with van der Waals surface area (Å²) in [7, 11) is -3.67. The zero-order valence-electron chi connectivity index (χ0n) is 12.5. The second kappa shape index (κ2) is 5.60. The fourth-order valence-corrected chi connectivity index (χ4v) is 2.95. The predicted molar refractivity (Wildman–Crippen MR) is 81.6 cm³/mol. The van der Waals surface area contributed by atoms with Crippen LogP contribution in [0.25, 0.3) is 0 Å². The van der Waals surface area contributed by atoms with Gasteiger partial charge in [0.25, 0.3) is 10.0 Å². The van der Waals surface area contributed by atoms with Gasteiger partial charge in [-0.3, -0.25) is 4.79 Å². The minimum absolute atomic E-state index is 0.0991. The zero-order chi connectivity index (χ0) is 15.7.